The molecule has 0 aromatic rings. The van der Waals surface area contributed by atoms with E-state index in [0.717, 1.165) is 109 Å². The van der Waals surface area contributed by atoms with Gasteiger partial charge in [0.15, 0.2) is 6.10 Å². The average Bonchev–Trinajstić information content (AvgIpc) is 3.40. The molecular weight excluding hydrogens is 913 g/mol. The highest BCUT2D eigenvalue weighted by molar-refractivity contribution is 5.71. The molecule has 0 aromatic carbocycles. The van der Waals surface area contributed by atoms with Gasteiger partial charge in [0.2, 0.25) is 0 Å². The molecule has 0 heterocycles. The van der Waals surface area contributed by atoms with Crippen molar-refractivity contribution < 1.29 is 28.6 Å². The van der Waals surface area contributed by atoms with Crippen molar-refractivity contribution >= 4 is 17.9 Å². The van der Waals surface area contributed by atoms with Crippen LogP contribution in [0.15, 0.2) is 85.1 Å². The van der Waals surface area contributed by atoms with E-state index in [0.29, 0.717) is 19.3 Å². The lowest BCUT2D eigenvalue weighted by Gasteiger charge is -2.18. The van der Waals surface area contributed by atoms with Crippen LogP contribution in [-0.4, -0.2) is 37.2 Å². The van der Waals surface area contributed by atoms with Gasteiger partial charge in [-0.25, -0.2) is 0 Å². The summed E-state index contributed by atoms with van der Waals surface area (Å²) in [5.41, 5.74) is 0. The standard InChI is InChI=1S/C68H118O6/c1-4-7-10-13-16-19-21-23-25-27-29-30-31-32-33-34-35-36-37-38-40-41-43-45-47-49-52-55-58-61-67(70)73-64-65(63-72-66(69)60-57-54-51-18-15-12-9-6-3)74-68(71)62-59-56-53-50-48-46-44-42-39-28-26-24-22-20-17-14-11-8-5-2/h7,10,16-17,19-20,23-26,29-30,39,42,65H,4-6,8-9,11-15,18,21-22,27-28,31-38,40-41,43-64H2,1-3H3/b10-7-,19-16-,20-17-,25-23-,26-24-,30-29-,42-39-. The Kier molecular flexibility index (Phi) is 59.3. The second-order valence-electron chi connectivity index (χ2n) is 20.9. The molecule has 1 unspecified atom stereocenters. The van der Waals surface area contributed by atoms with Gasteiger partial charge in [-0.2, -0.15) is 0 Å². The van der Waals surface area contributed by atoms with Crippen molar-refractivity contribution in [2.75, 3.05) is 13.2 Å². The fourth-order valence-electron chi connectivity index (χ4n) is 8.91. The van der Waals surface area contributed by atoms with Crippen LogP contribution in [0.4, 0.5) is 0 Å². The number of hydrogen-bond acceptors (Lipinski definition) is 6. The van der Waals surface area contributed by atoms with Gasteiger partial charge in [-0.15, -0.1) is 0 Å². The van der Waals surface area contributed by atoms with Crippen LogP contribution < -0.4 is 0 Å². The van der Waals surface area contributed by atoms with E-state index in [2.05, 4.69) is 106 Å². The number of hydrogen-bond donors (Lipinski definition) is 0. The largest absolute Gasteiger partial charge is 0.462 e. The molecule has 6 nitrogen and oxygen atoms in total. The molecule has 0 N–H and O–H groups in total. The minimum atomic E-state index is -0.780. The summed E-state index contributed by atoms with van der Waals surface area (Å²) in [4.78, 5) is 38.1. The summed E-state index contributed by atoms with van der Waals surface area (Å²) in [6.45, 7) is 6.49. The van der Waals surface area contributed by atoms with Crippen LogP contribution in [0.3, 0.4) is 0 Å². The fourth-order valence-corrected chi connectivity index (χ4v) is 8.91. The first-order valence-electron chi connectivity index (χ1n) is 31.6. The molecule has 0 saturated heterocycles. The number of unbranched alkanes of at least 4 members (excludes halogenated alkanes) is 32. The van der Waals surface area contributed by atoms with Gasteiger partial charge in [0.1, 0.15) is 13.2 Å². The first kappa shape index (κ1) is 70.6. The Morgan fingerprint density at radius 3 is 0.851 bits per heavy atom. The summed E-state index contributed by atoms with van der Waals surface area (Å²) in [5.74, 6) is -0.885. The van der Waals surface area contributed by atoms with Crippen LogP contribution in [0.25, 0.3) is 0 Å². The van der Waals surface area contributed by atoms with E-state index in [1.165, 1.54) is 161 Å². The van der Waals surface area contributed by atoms with Crippen molar-refractivity contribution in [1.82, 2.24) is 0 Å². The molecule has 0 aliphatic carbocycles. The molecule has 0 bridgehead atoms. The zero-order chi connectivity index (χ0) is 53.6. The molecule has 426 valence electrons. The molecule has 0 radical (unpaired) electrons. The normalized spacial score (nSPS) is 12.6. The van der Waals surface area contributed by atoms with Crippen molar-refractivity contribution in [3.63, 3.8) is 0 Å². The van der Waals surface area contributed by atoms with E-state index in [1.807, 2.05) is 0 Å². The summed E-state index contributed by atoms with van der Waals surface area (Å²) in [7, 11) is 0. The van der Waals surface area contributed by atoms with Crippen LogP contribution >= 0.6 is 0 Å². The van der Waals surface area contributed by atoms with E-state index in [1.54, 1.807) is 0 Å². The molecule has 0 aromatic heterocycles. The Morgan fingerprint density at radius 1 is 0.284 bits per heavy atom. The lowest BCUT2D eigenvalue weighted by atomic mass is 10.0. The molecule has 1 atom stereocenters. The Labute approximate surface area is 458 Å². The molecule has 0 fully saturated rings. The molecule has 0 aliphatic heterocycles. The summed E-state index contributed by atoms with van der Waals surface area (Å²) < 4.78 is 16.8. The number of rotatable bonds is 57. The molecule has 0 aliphatic rings. The van der Waals surface area contributed by atoms with Crippen LogP contribution in [0, 0.1) is 0 Å². The van der Waals surface area contributed by atoms with Crippen molar-refractivity contribution in [2.24, 2.45) is 0 Å². The van der Waals surface area contributed by atoms with E-state index in [-0.39, 0.29) is 31.1 Å². The molecule has 0 rings (SSSR count). The minimum absolute atomic E-state index is 0.0786. The molecule has 6 heteroatoms. The van der Waals surface area contributed by atoms with Gasteiger partial charge in [-0.1, -0.05) is 279 Å². The smallest absolute Gasteiger partial charge is 0.306 e. The number of ether oxygens (including phenoxy) is 3. The monoisotopic (exact) mass is 1030 g/mol. The van der Waals surface area contributed by atoms with Crippen molar-refractivity contribution in [1.29, 1.82) is 0 Å². The van der Waals surface area contributed by atoms with E-state index in [4.69, 9.17) is 14.2 Å². The van der Waals surface area contributed by atoms with Gasteiger partial charge >= 0.3 is 17.9 Å². The number of carbonyl (C=O) groups is 3. The summed E-state index contributed by atoms with van der Waals surface area (Å²) >= 11 is 0. The molecular formula is C68H118O6. The summed E-state index contributed by atoms with van der Waals surface area (Å²) in [6, 6.07) is 0. The maximum atomic E-state index is 12.9. The van der Waals surface area contributed by atoms with E-state index in [9.17, 15) is 14.4 Å². The van der Waals surface area contributed by atoms with Crippen molar-refractivity contribution in [3.8, 4) is 0 Å². The predicted octanol–water partition coefficient (Wildman–Crippen LogP) is 21.5. The van der Waals surface area contributed by atoms with Gasteiger partial charge in [0.25, 0.3) is 0 Å². The van der Waals surface area contributed by atoms with Crippen LogP contribution in [0.5, 0.6) is 0 Å². The number of allylic oxidation sites excluding steroid dienone is 14. The summed E-state index contributed by atoms with van der Waals surface area (Å²) in [5, 5.41) is 0. The Balaban J connectivity index is 4.14. The zero-order valence-electron chi connectivity index (χ0n) is 48.8. The van der Waals surface area contributed by atoms with E-state index >= 15 is 0 Å². The predicted molar refractivity (Wildman–Crippen MR) is 321 cm³/mol. The van der Waals surface area contributed by atoms with Crippen molar-refractivity contribution in [2.45, 2.75) is 316 Å². The van der Waals surface area contributed by atoms with E-state index < -0.39 is 6.10 Å². The first-order valence-corrected chi connectivity index (χ1v) is 31.6. The van der Waals surface area contributed by atoms with Crippen LogP contribution in [-0.2, 0) is 28.6 Å². The third-order valence-electron chi connectivity index (χ3n) is 13.6. The highest BCUT2D eigenvalue weighted by atomic mass is 16.6. The van der Waals surface area contributed by atoms with Crippen molar-refractivity contribution in [3.05, 3.63) is 85.1 Å². The minimum Gasteiger partial charge on any atom is -0.462 e. The Morgan fingerprint density at radius 2 is 0.527 bits per heavy atom. The molecule has 0 saturated carbocycles. The average molecular weight is 1030 g/mol. The highest BCUT2D eigenvalue weighted by Gasteiger charge is 2.19. The first-order chi connectivity index (χ1) is 36.5. The maximum absolute atomic E-state index is 12.9. The number of carbonyl (C=O) groups excluding carboxylic acids is 3. The van der Waals surface area contributed by atoms with Gasteiger partial charge in [0, 0.05) is 19.3 Å². The van der Waals surface area contributed by atoms with Gasteiger partial charge in [-0.3, -0.25) is 14.4 Å². The molecule has 74 heavy (non-hydrogen) atoms. The van der Waals surface area contributed by atoms with Gasteiger partial charge in [-0.05, 0) is 96.3 Å². The van der Waals surface area contributed by atoms with Gasteiger partial charge < -0.3 is 14.2 Å². The Hall–Kier alpha value is -3.41. The Bertz CT molecular complexity index is 1420. The highest BCUT2D eigenvalue weighted by Crippen LogP contribution is 2.16. The third kappa shape index (κ3) is 59.5. The number of esters is 3. The molecule has 0 spiro atoms. The SMILES string of the molecule is CC/C=C\C/C=C\C/C=C\C/C=C\CCCCCCCCCCCCCCCCCCC(=O)OCC(COC(=O)CCCCCCCCCC)OC(=O)CCCCCCCC/C=C\C/C=C\C/C=C\CCCCC. The lowest BCUT2D eigenvalue weighted by molar-refractivity contribution is -0.167. The zero-order valence-corrected chi connectivity index (χ0v) is 48.8. The quantitative estimate of drug-likeness (QED) is 0.0261. The topological polar surface area (TPSA) is 78.9 Å². The lowest BCUT2D eigenvalue weighted by Crippen LogP contribution is -2.30. The maximum Gasteiger partial charge on any atom is 0.306 e. The summed E-state index contributed by atoms with van der Waals surface area (Å²) in [6.07, 6.45) is 81.8. The second kappa shape index (κ2) is 62.1. The van der Waals surface area contributed by atoms with Crippen LogP contribution in [0.2, 0.25) is 0 Å². The second-order valence-corrected chi connectivity index (χ2v) is 20.9. The van der Waals surface area contributed by atoms with Crippen LogP contribution in [0.1, 0.15) is 310 Å². The fraction of sp³-hybridized carbons (Fsp3) is 0.750. The third-order valence-corrected chi connectivity index (χ3v) is 13.6. The molecule has 0 amide bonds. The van der Waals surface area contributed by atoms with Gasteiger partial charge in [0.05, 0.1) is 0 Å².